The van der Waals surface area contributed by atoms with E-state index in [-0.39, 0.29) is 5.56 Å². The maximum Gasteiger partial charge on any atom is 0.259 e. The summed E-state index contributed by atoms with van der Waals surface area (Å²) in [5.74, 6) is 1.46. The molecule has 4 aromatic rings. The van der Waals surface area contributed by atoms with Crippen LogP contribution in [-0.2, 0) is 6.61 Å². The van der Waals surface area contributed by atoms with Gasteiger partial charge in [0, 0.05) is 5.02 Å². The predicted molar refractivity (Wildman–Crippen MR) is 125 cm³/mol. The first-order valence-corrected chi connectivity index (χ1v) is 10.2. The van der Waals surface area contributed by atoms with Gasteiger partial charge in [-0.15, -0.1) is 0 Å². The lowest BCUT2D eigenvalue weighted by Gasteiger charge is -2.12. The lowest BCUT2D eigenvalue weighted by molar-refractivity contribution is 0.284. The monoisotopic (exact) mass is 452 g/mol. The van der Waals surface area contributed by atoms with Crippen molar-refractivity contribution in [3.8, 4) is 11.5 Å². The Labute approximate surface area is 188 Å². The van der Waals surface area contributed by atoms with E-state index in [0.29, 0.717) is 44.9 Å². The molecule has 1 heterocycles. The zero-order valence-electron chi connectivity index (χ0n) is 16.6. The normalized spacial score (nSPS) is 11.5. The van der Waals surface area contributed by atoms with Crippen molar-refractivity contribution in [1.29, 1.82) is 0 Å². The fourth-order valence-corrected chi connectivity index (χ4v) is 3.39. The van der Waals surface area contributed by atoms with Crippen molar-refractivity contribution in [2.24, 2.45) is 0 Å². The van der Waals surface area contributed by atoms with Crippen molar-refractivity contribution in [3.05, 3.63) is 99.1 Å². The van der Waals surface area contributed by atoms with Gasteiger partial charge in [-0.25, -0.2) is 4.98 Å². The van der Waals surface area contributed by atoms with Crippen molar-refractivity contribution in [3.63, 3.8) is 0 Å². The van der Waals surface area contributed by atoms with Gasteiger partial charge in [0.25, 0.3) is 5.56 Å². The molecule has 4 rings (SSSR count). The van der Waals surface area contributed by atoms with E-state index >= 15 is 0 Å². The molecule has 0 fully saturated rings. The van der Waals surface area contributed by atoms with Crippen LogP contribution in [0.15, 0.2) is 71.5 Å². The second-order valence-electron chi connectivity index (χ2n) is 6.75. The van der Waals surface area contributed by atoms with Crippen LogP contribution in [0.2, 0.25) is 5.02 Å². The number of halogens is 2. The zero-order valence-corrected chi connectivity index (χ0v) is 18.1. The second kappa shape index (κ2) is 9.25. The Kier molecular flexibility index (Phi) is 6.26. The topological polar surface area (TPSA) is 64.2 Å². The lowest BCUT2D eigenvalue weighted by atomic mass is 10.1. The molecule has 1 N–H and O–H groups in total. The molecule has 0 spiro atoms. The van der Waals surface area contributed by atoms with Crippen molar-refractivity contribution in [1.82, 2.24) is 9.97 Å². The van der Waals surface area contributed by atoms with Gasteiger partial charge in [0.1, 0.15) is 6.61 Å². The zero-order chi connectivity index (χ0) is 21.8. The number of hydrogen-bond acceptors (Lipinski definition) is 4. The van der Waals surface area contributed by atoms with E-state index in [1.54, 1.807) is 43.5 Å². The van der Waals surface area contributed by atoms with Gasteiger partial charge in [0.05, 0.1) is 23.0 Å². The number of aromatic amines is 1. The number of fused-ring (bicyclic) bond motifs is 1. The number of nitrogens with one attached hydrogen (secondary N) is 1. The molecule has 156 valence electrons. The summed E-state index contributed by atoms with van der Waals surface area (Å²) in [5.41, 5.74) is 2.10. The maximum atomic E-state index is 12.3. The summed E-state index contributed by atoms with van der Waals surface area (Å²) >= 11 is 12.4. The van der Waals surface area contributed by atoms with E-state index in [2.05, 4.69) is 9.97 Å². The van der Waals surface area contributed by atoms with Gasteiger partial charge >= 0.3 is 0 Å². The summed E-state index contributed by atoms with van der Waals surface area (Å²) < 4.78 is 11.3. The Hall–Kier alpha value is -3.28. The van der Waals surface area contributed by atoms with E-state index in [4.69, 9.17) is 32.7 Å². The highest BCUT2D eigenvalue weighted by Gasteiger charge is 2.09. The molecule has 7 heteroatoms. The number of nitrogens with zero attached hydrogens (tertiary/aromatic N) is 1. The maximum absolute atomic E-state index is 12.3. The number of para-hydroxylation sites is 1. The number of rotatable bonds is 6. The lowest BCUT2D eigenvalue weighted by Crippen LogP contribution is -2.10. The van der Waals surface area contributed by atoms with Crippen LogP contribution in [0.1, 0.15) is 17.0 Å². The Bertz CT molecular complexity index is 1310. The summed E-state index contributed by atoms with van der Waals surface area (Å²) in [6, 6.07) is 20.0. The van der Waals surface area contributed by atoms with Gasteiger partial charge in [-0.2, -0.15) is 0 Å². The van der Waals surface area contributed by atoms with Crippen LogP contribution in [0.5, 0.6) is 11.5 Å². The highest BCUT2D eigenvalue weighted by Crippen LogP contribution is 2.31. The van der Waals surface area contributed by atoms with Crippen LogP contribution in [0, 0.1) is 0 Å². The first kappa shape index (κ1) is 21.0. The Morgan fingerprint density at radius 3 is 2.61 bits per heavy atom. The third kappa shape index (κ3) is 4.90. The fourth-order valence-electron chi connectivity index (χ4n) is 3.05. The Morgan fingerprint density at radius 1 is 1.06 bits per heavy atom. The van der Waals surface area contributed by atoms with Gasteiger partial charge in [-0.05, 0) is 53.6 Å². The number of aromatic nitrogens is 2. The Morgan fingerprint density at radius 2 is 1.84 bits per heavy atom. The predicted octanol–water partition coefficient (Wildman–Crippen LogP) is 5.90. The third-order valence-corrected chi connectivity index (χ3v) is 5.17. The first-order valence-electron chi connectivity index (χ1n) is 9.45. The fraction of sp³-hybridized carbons (Fsp3) is 0.0833. The van der Waals surface area contributed by atoms with Crippen LogP contribution in [0.3, 0.4) is 0 Å². The average Bonchev–Trinajstić information content (AvgIpc) is 2.79. The van der Waals surface area contributed by atoms with Gasteiger partial charge in [-0.1, -0.05) is 53.5 Å². The van der Waals surface area contributed by atoms with Gasteiger partial charge in [0.15, 0.2) is 17.3 Å². The van der Waals surface area contributed by atoms with E-state index in [0.717, 1.165) is 11.1 Å². The van der Waals surface area contributed by atoms with Gasteiger partial charge in [0.2, 0.25) is 0 Å². The van der Waals surface area contributed by atoms with Crippen LogP contribution in [0.4, 0.5) is 0 Å². The summed E-state index contributed by atoms with van der Waals surface area (Å²) in [5, 5.41) is 1.50. The van der Waals surface area contributed by atoms with E-state index < -0.39 is 0 Å². The molecule has 0 saturated carbocycles. The standard InChI is InChI=1S/C24H18Cl2N2O3/c1-30-22-13-16(8-11-21(22)31-14-15-6-9-17(25)10-7-15)12-19(26)23-27-20-5-3-2-4-18(20)24(29)28-23/h2-13H,14H2,1H3,(H,27,28,29)/b19-12-. The molecule has 3 aromatic carbocycles. The molecule has 0 unspecified atom stereocenters. The molecular weight excluding hydrogens is 435 g/mol. The highest BCUT2D eigenvalue weighted by atomic mass is 35.5. The summed E-state index contributed by atoms with van der Waals surface area (Å²) in [6.07, 6.45) is 1.71. The minimum Gasteiger partial charge on any atom is -0.493 e. The van der Waals surface area contributed by atoms with Crippen molar-refractivity contribution in [2.45, 2.75) is 6.61 Å². The van der Waals surface area contributed by atoms with Crippen LogP contribution in [0.25, 0.3) is 22.0 Å². The molecule has 31 heavy (non-hydrogen) atoms. The minimum absolute atomic E-state index is 0.240. The number of ether oxygens (including phenoxy) is 2. The molecule has 0 aliphatic carbocycles. The quantitative estimate of drug-likeness (QED) is 0.395. The molecular formula is C24H18Cl2N2O3. The van der Waals surface area contributed by atoms with Gasteiger partial charge < -0.3 is 14.5 Å². The van der Waals surface area contributed by atoms with Crippen molar-refractivity contribution < 1.29 is 9.47 Å². The van der Waals surface area contributed by atoms with Gasteiger partial charge in [-0.3, -0.25) is 4.79 Å². The summed E-state index contributed by atoms with van der Waals surface area (Å²) in [7, 11) is 1.57. The Balaban J connectivity index is 1.57. The molecule has 0 aliphatic rings. The highest BCUT2D eigenvalue weighted by molar-refractivity contribution is 6.50. The van der Waals surface area contributed by atoms with Crippen LogP contribution >= 0.6 is 23.2 Å². The summed E-state index contributed by atoms with van der Waals surface area (Å²) in [6.45, 7) is 0.381. The molecule has 0 saturated heterocycles. The summed E-state index contributed by atoms with van der Waals surface area (Å²) in [4.78, 5) is 19.4. The van der Waals surface area contributed by atoms with Crippen LogP contribution in [-0.4, -0.2) is 17.1 Å². The SMILES string of the molecule is COc1cc(/C=C(\Cl)c2nc3ccccc3c(=O)[nH]2)ccc1OCc1ccc(Cl)cc1. The minimum atomic E-state index is -0.240. The number of H-pyrrole nitrogens is 1. The van der Waals surface area contributed by atoms with E-state index in [1.165, 1.54) is 0 Å². The molecule has 0 bridgehead atoms. The van der Waals surface area contributed by atoms with Crippen molar-refractivity contribution >= 4 is 45.2 Å². The molecule has 1 aromatic heterocycles. The smallest absolute Gasteiger partial charge is 0.259 e. The molecule has 0 radical (unpaired) electrons. The molecule has 5 nitrogen and oxygen atoms in total. The number of hydrogen-bond donors (Lipinski definition) is 1. The number of methoxy groups -OCH3 is 1. The molecule has 0 amide bonds. The first-order chi connectivity index (χ1) is 15.0. The molecule has 0 aliphatic heterocycles. The third-order valence-electron chi connectivity index (χ3n) is 4.63. The van der Waals surface area contributed by atoms with E-state index in [9.17, 15) is 4.79 Å². The van der Waals surface area contributed by atoms with Crippen LogP contribution < -0.4 is 15.0 Å². The largest absolute Gasteiger partial charge is 0.493 e. The van der Waals surface area contributed by atoms with E-state index in [1.807, 2.05) is 36.4 Å². The molecule has 0 atom stereocenters. The average molecular weight is 453 g/mol. The number of benzene rings is 3. The second-order valence-corrected chi connectivity index (χ2v) is 7.59. The van der Waals surface area contributed by atoms with Crippen molar-refractivity contribution in [2.75, 3.05) is 7.11 Å².